The van der Waals surface area contributed by atoms with Crippen molar-refractivity contribution in [2.24, 2.45) is 11.1 Å². The number of ketones is 1. The van der Waals surface area contributed by atoms with Gasteiger partial charge in [-0.1, -0.05) is 13.8 Å². The van der Waals surface area contributed by atoms with Crippen LogP contribution in [0.15, 0.2) is 6.20 Å². The maximum absolute atomic E-state index is 12.7. The van der Waals surface area contributed by atoms with Gasteiger partial charge in [-0.15, -0.1) is 0 Å². The molecule has 0 bridgehead atoms. The lowest BCUT2D eigenvalue weighted by atomic mass is 9.75. The van der Waals surface area contributed by atoms with E-state index in [0.717, 1.165) is 18.5 Å². The highest BCUT2D eigenvalue weighted by Gasteiger charge is 2.36. The molecule has 3 N–H and O–H groups in total. The number of primary amides is 1. The smallest absolute Gasteiger partial charge is 0.271 e. The Morgan fingerprint density at radius 2 is 2.03 bits per heavy atom. The molecule has 1 aliphatic carbocycles. The summed E-state index contributed by atoms with van der Waals surface area (Å²) in [5.74, 6) is 0.250. The van der Waals surface area contributed by atoms with E-state index in [4.69, 9.17) is 10.5 Å². The Bertz CT molecular complexity index is 975. The van der Waals surface area contributed by atoms with Gasteiger partial charge in [0.25, 0.3) is 5.91 Å². The standard InChI is InChI=1S/C20H26N6O3/c1-11-16-13(8-20(2,3)9-14(16)27)26(25-11)15-10-22-17(18(21)28)19(24-15)23-12-4-6-29-7-5-12/h10,12H,4-9H2,1-3H3,(H2,21,28)(H,23,24). The van der Waals surface area contributed by atoms with Gasteiger partial charge in [0.15, 0.2) is 23.1 Å². The van der Waals surface area contributed by atoms with Gasteiger partial charge in [-0.3, -0.25) is 9.59 Å². The third-order valence-corrected chi connectivity index (χ3v) is 5.49. The number of carbonyl (C=O) groups is 2. The highest BCUT2D eigenvalue weighted by molar-refractivity contribution is 6.00. The summed E-state index contributed by atoms with van der Waals surface area (Å²) in [5, 5.41) is 7.86. The topological polar surface area (TPSA) is 125 Å². The minimum Gasteiger partial charge on any atom is -0.381 e. The Hall–Kier alpha value is -2.81. The first-order valence-corrected chi connectivity index (χ1v) is 9.88. The van der Waals surface area contributed by atoms with Crippen molar-refractivity contribution in [2.75, 3.05) is 18.5 Å². The Kier molecular flexibility index (Phi) is 4.85. The summed E-state index contributed by atoms with van der Waals surface area (Å²) in [4.78, 5) is 33.4. The number of aromatic nitrogens is 4. The SMILES string of the molecule is Cc1nn(-c2cnc(C(N)=O)c(NC3CCOCC3)n2)c2c1C(=O)CC(C)(C)C2. The number of carbonyl (C=O) groups excluding carboxylic acids is 2. The van der Waals surface area contributed by atoms with E-state index in [1.807, 2.05) is 6.92 Å². The van der Waals surface area contributed by atoms with Gasteiger partial charge in [0.05, 0.1) is 23.1 Å². The number of ether oxygens (including phenoxy) is 1. The van der Waals surface area contributed by atoms with E-state index in [0.29, 0.717) is 48.9 Å². The lowest BCUT2D eigenvalue weighted by Gasteiger charge is -2.29. The zero-order valence-electron chi connectivity index (χ0n) is 17.0. The summed E-state index contributed by atoms with van der Waals surface area (Å²) in [6, 6.07) is 0.125. The van der Waals surface area contributed by atoms with Crippen LogP contribution in [-0.4, -0.2) is 50.7 Å². The number of nitrogens with one attached hydrogen (secondary N) is 1. The van der Waals surface area contributed by atoms with Gasteiger partial charge < -0.3 is 15.8 Å². The van der Waals surface area contributed by atoms with Crippen molar-refractivity contribution in [3.05, 3.63) is 28.8 Å². The van der Waals surface area contributed by atoms with Crippen LogP contribution in [-0.2, 0) is 11.2 Å². The summed E-state index contributed by atoms with van der Waals surface area (Å²) >= 11 is 0. The molecule has 0 saturated carbocycles. The Balaban J connectivity index is 1.76. The van der Waals surface area contributed by atoms with Crippen molar-refractivity contribution in [1.29, 1.82) is 0 Å². The van der Waals surface area contributed by atoms with Crippen LogP contribution in [0.3, 0.4) is 0 Å². The lowest BCUT2D eigenvalue weighted by molar-refractivity contribution is 0.0901. The van der Waals surface area contributed by atoms with E-state index in [2.05, 4.69) is 34.2 Å². The quantitative estimate of drug-likeness (QED) is 0.804. The Morgan fingerprint density at radius 3 is 2.72 bits per heavy atom. The van der Waals surface area contributed by atoms with Crippen LogP contribution < -0.4 is 11.1 Å². The van der Waals surface area contributed by atoms with E-state index in [1.54, 1.807) is 4.68 Å². The van der Waals surface area contributed by atoms with Crippen LogP contribution in [0.1, 0.15) is 65.3 Å². The molecule has 2 aromatic heterocycles. The zero-order chi connectivity index (χ0) is 20.8. The monoisotopic (exact) mass is 398 g/mol. The number of fused-ring (bicyclic) bond motifs is 1. The molecule has 9 heteroatoms. The number of rotatable bonds is 4. The predicted molar refractivity (Wildman–Crippen MR) is 106 cm³/mol. The third kappa shape index (κ3) is 3.74. The number of anilines is 1. The van der Waals surface area contributed by atoms with Crippen molar-refractivity contribution < 1.29 is 14.3 Å². The fourth-order valence-corrected chi connectivity index (χ4v) is 4.13. The molecule has 9 nitrogen and oxygen atoms in total. The highest BCUT2D eigenvalue weighted by Crippen LogP contribution is 2.36. The molecule has 1 saturated heterocycles. The molecule has 0 aromatic carbocycles. The summed E-state index contributed by atoms with van der Waals surface area (Å²) in [7, 11) is 0. The minimum atomic E-state index is -0.645. The first kappa shape index (κ1) is 19.5. The number of hydrogen-bond acceptors (Lipinski definition) is 7. The number of nitrogens with zero attached hydrogens (tertiary/aromatic N) is 4. The summed E-state index contributed by atoms with van der Waals surface area (Å²) < 4.78 is 7.07. The summed E-state index contributed by atoms with van der Waals surface area (Å²) in [6.07, 6.45) is 4.30. The van der Waals surface area contributed by atoms with Crippen molar-refractivity contribution in [3.8, 4) is 5.82 Å². The molecule has 29 heavy (non-hydrogen) atoms. The Labute approximate surface area is 169 Å². The predicted octanol–water partition coefficient (Wildman–Crippen LogP) is 1.82. The van der Waals surface area contributed by atoms with Crippen molar-refractivity contribution >= 4 is 17.5 Å². The second-order valence-electron chi connectivity index (χ2n) is 8.58. The van der Waals surface area contributed by atoms with Crippen LogP contribution >= 0.6 is 0 Å². The molecule has 1 fully saturated rings. The highest BCUT2D eigenvalue weighted by atomic mass is 16.5. The van der Waals surface area contributed by atoms with Crippen molar-refractivity contribution in [3.63, 3.8) is 0 Å². The molecule has 0 atom stereocenters. The van der Waals surface area contributed by atoms with E-state index in [-0.39, 0.29) is 22.9 Å². The van der Waals surface area contributed by atoms with E-state index < -0.39 is 5.91 Å². The van der Waals surface area contributed by atoms with Gasteiger partial charge in [-0.05, 0) is 31.6 Å². The fourth-order valence-electron chi connectivity index (χ4n) is 4.13. The molecule has 2 aliphatic rings. The van der Waals surface area contributed by atoms with Gasteiger partial charge in [-0.25, -0.2) is 14.6 Å². The van der Waals surface area contributed by atoms with Gasteiger partial charge in [0.1, 0.15) is 0 Å². The second kappa shape index (κ2) is 7.22. The maximum atomic E-state index is 12.7. The first-order valence-electron chi connectivity index (χ1n) is 9.88. The van der Waals surface area contributed by atoms with Gasteiger partial charge in [0, 0.05) is 25.7 Å². The first-order chi connectivity index (χ1) is 13.7. The fraction of sp³-hybridized carbons (Fsp3) is 0.550. The van der Waals surface area contributed by atoms with Crippen molar-refractivity contribution in [2.45, 2.75) is 52.5 Å². The number of aryl methyl sites for hydroxylation is 1. The molecule has 2 aromatic rings. The number of nitrogens with two attached hydrogens (primary N) is 1. The average Bonchev–Trinajstić information content (AvgIpc) is 2.97. The average molecular weight is 398 g/mol. The molecule has 0 radical (unpaired) electrons. The number of Topliss-reactive ketones (excluding diaryl/α,β-unsaturated/α-hetero) is 1. The third-order valence-electron chi connectivity index (χ3n) is 5.49. The number of hydrogen-bond donors (Lipinski definition) is 2. The van der Waals surface area contributed by atoms with E-state index in [9.17, 15) is 9.59 Å². The molecule has 4 rings (SSSR count). The van der Waals surface area contributed by atoms with Gasteiger partial charge in [-0.2, -0.15) is 5.10 Å². The van der Waals surface area contributed by atoms with Gasteiger partial charge >= 0.3 is 0 Å². The minimum absolute atomic E-state index is 0.0920. The molecule has 154 valence electrons. The van der Waals surface area contributed by atoms with Crippen LogP contribution in [0, 0.1) is 12.3 Å². The molecule has 0 unspecified atom stereocenters. The van der Waals surface area contributed by atoms with Crippen LogP contribution in [0.5, 0.6) is 0 Å². The summed E-state index contributed by atoms with van der Waals surface area (Å²) in [5.41, 5.74) is 7.63. The van der Waals surface area contributed by atoms with Crippen LogP contribution in [0.25, 0.3) is 5.82 Å². The largest absolute Gasteiger partial charge is 0.381 e. The van der Waals surface area contributed by atoms with Crippen molar-refractivity contribution in [1.82, 2.24) is 19.7 Å². The molecular formula is C20H26N6O3. The molecule has 3 heterocycles. The molecule has 0 spiro atoms. The summed E-state index contributed by atoms with van der Waals surface area (Å²) in [6.45, 7) is 7.28. The number of amides is 1. The lowest BCUT2D eigenvalue weighted by Crippen LogP contribution is -2.30. The molecule has 1 amide bonds. The van der Waals surface area contributed by atoms with Gasteiger partial charge in [0.2, 0.25) is 0 Å². The van der Waals surface area contributed by atoms with E-state index >= 15 is 0 Å². The zero-order valence-corrected chi connectivity index (χ0v) is 17.0. The molecular weight excluding hydrogens is 372 g/mol. The van der Waals surface area contributed by atoms with Crippen LogP contribution in [0.4, 0.5) is 5.82 Å². The molecule has 1 aliphatic heterocycles. The maximum Gasteiger partial charge on any atom is 0.271 e. The second-order valence-corrected chi connectivity index (χ2v) is 8.58. The van der Waals surface area contributed by atoms with E-state index in [1.165, 1.54) is 6.20 Å². The Morgan fingerprint density at radius 1 is 1.31 bits per heavy atom. The van der Waals surface area contributed by atoms with Crippen LogP contribution in [0.2, 0.25) is 0 Å². The normalized spacial score (nSPS) is 19.1.